The van der Waals surface area contributed by atoms with E-state index in [-0.39, 0.29) is 44.5 Å². The maximum Gasteiger partial charge on any atom is 0.231 e. The zero-order chi connectivity index (χ0) is 22.3. The lowest BCUT2D eigenvalue weighted by atomic mass is 10.00. The zero-order valence-electron chi connectivity index (χ0n) is 14.9. The van der Waals surface area contributed by atoms with Gasteiger partial charge in [0.15, 0.2) is 25.1 Å². The lowest BCUT2D eigenvalue weighted by Crippen LogP contribution is -2.08. The quantitative estimate of drug-likeness (QED) is 0.443. The summed E-state index contributed by atoms with van der Waals surface area (Å²) >= 11 is 0. The highest BCUT2D eigenvalue weighted by atomic mass is 33.1. The summed E-state index contributed by atoms with van der Waals surface area (Å²) in [6.07, 6.45) is 2.01. The smallest absolute Gasteiger partial charge is 0.231 e. The second kappa shape index (κ2) is 10.3. The average molecular weight is 442 g/mol. The number of aldehydes is 6. The molecule has 0 aliphatic heterocycles. The van der Waals surface area contributed by atoms with Gasteiger partial charge in [0.2, 0.25) is 10.2 Å². The Labute approximate surface area is 176 Å². The molecule has 0 bridgehead atoms. The van der Waals surface area contributed by atoms with Gasteiger partial charge >= 0.3 is 0 Å². The van der Waals surface area contributed by atoms with Crippen molar-refractivity contribution < 1.29 is 38.4 Å². The van der Waals surface area contributed by atoms with E-state index < -0.39 is 10.2 Å². The van der Waals surface area contributed by atoms with Crippen LogP contribution in [0.4, 0.5) is 0 Å². The number of hydrogen-bond acceptors (Lipinski definition) is 10. The number of carbonyl (C=O) groups excluding carboxylic acids is 8. The van der Waals surface area contributed by atoms with Crippen LogP contribution in [0.15, 0.2) is 24.3 Å². The molecule has 0 N–H and O–H groups in total. The van der Waals surface area contributed by atoms with Crippen molar-refractivity contribution in [2.75, 3.05) is 0 Å². The molecule has 0 unspecified atom stereocenters. The maximum absolute atomic E-state index is 12.5. The zero-order valence-corrected chi connectivity index (χ0v) is 16.5. The van der Waals surface area contributed by atoms with Crippen LogP contribution in [0, 0.1) is 0 Å². The summed E-state index contributed by atoms with van der Waals surface area (Å²) in [5.41, 5.74) is -1.34. The molecular weight excluding hydrogens is 432 g/mol. The van der Waals surface area contributed by atoms with E-state index in [2.05, 4.69) is 0 Å². The fourth-order valence-corrected chi connectivity index (χ4v) is 4.31. The largest absolute Gasteiger partial charge is 0.298 e. The van der Waals surface area contributed by atoms with Crippen molar-refractivity contribution >= 4 is 69.5 Å². The monoisotopic (exact) mass is 442 g/mol. The highest BCUT2D eigenvalue weighted by Gasteiger charge is 2.23. The van der Waals surface area contributed by atoms with Gasteiger partial charge in [-0.05, 0) is 45.9 Å². The third-order valence-electron chi connectivity index (χ3n) is 3.82. The van der Waals surface area contributed by atoms with Crippen LogP contribution in [-0.2, 0) is 0 Å². The van der Waals surface area contributed by atoms with Crippen molar-refractivity contribution in [3.8, 4) is 0 Å². The van der Waals surface area contributed by atoms with Gasteiger partial charge < -0.3 is 0 Å². The van der Waals surface area contributed by atoms with Crippen LogP contribution in [0.25, 0.3) is 0 Å². The van der Waals surface area contributed by atoms with Crippen LogP contribution in [-0.4, -0.2) is 47.9 Å². The first kappa shape index (κ1) is 22.8. The molecule has 0 heterocycles. The molecule has 150 valence electrons. The first-order chi connectivity index (χ1) is 14.4. The molecule has 0 saturated heterocycles. The van der Waals surface area contributed by atoms with E-state index in [1.807, 2.05) is 0 Å². The molecule has 0 fully saturated rings. The first-order valence-electron chi connectivity index (χ1n) is 7.94. The molecule has 0 atom stereocenters. The van der Waals surface area contributed by atoms with E-state index in [0.29, 0.717) is 59.3 Å². The molecule has 2 rings (SSSR count). The minimum absolute atomic E-state index is 0.0194. The summed E-state index contributed by atoms with van der Waals surface area (Å²) in [7, 11) is 0.748. The minimum Gasteiger partial charge on any atom is -0.298 e. The van der Waals surface area contributed by atoms with Crippen molar-refractivity contribution in [2.24, 2.45) is 0 Å². The number of rotatable bonds is 8. The second-order valence-corrected chi connectivity index (χ2v) is 7.67. The van der Waals surface area contributed by atoms with Crippen molar-refractivity contribution in [3.05, 3.63) is 68.8 Å². The molecule has 0 aromatic heterocycles. The van der Waals surface area contributed by atoms with Gasteiger partial charge in [0.1, 0.15) is 12.6 Å². The summed E-state index contributed by atoms with van der Waals surface area (Å²) in [4.78, 5) is 92.0. The van der Waals surface area contributed by atoms with Crippen molar-refractivity contribution in [1.29, 1.82) is 0 Å². The Hall–Kier alpha value is -3.50. The molecule has 0 aliphatic rings. The summed E-state index contributed by atoms with van der Waals surface area (Å²) in [5, 5.41) is -1.64. The molecule has 0 saturated carbocycles. The van der Waals surface area contributed by atoms with Crippen LogP contribution in [0.2, 0.25) is 0 Å². The standard InChI is InChI=1S/C20H10O8S2/c21-5-11-1-13(7-23)17(14(2-11)8-24)19(27)29-30-20(28)18-15(9-25)3-12(6-22)4-16(18)10-26/h1-10H. The Bertz CT molecular complexity index is 958. The van der Waals surface area contributed by atoms with Gasteiger partial charge in [-0.15, -0.1) is 0 Å². The topological polar surface area (TPSA) is 137 Å². The van der Waals surface area contributed by atoms with Gasteiger partial charge in [-0.3, -0.25) is 38.4 Å². The van der Waals surface area contributed by atoms with Crippen LogP contribution in [0.1, 0.15) is 82.9 Å². The molecule has 2 aromatic carbocycles. The molecule has 10 heteroatoms. The van der Waals surface area contributed by atoms with E-state index in [1.165, 1.54) is 0 Å². The Balaban J connectivity index is 2.37. The summed E-state index contributed by atoms with van der Waals surface area (Å²) in [6, 6.07) is 4.50. The number of carbonyl (C=O) groups is 8. The molecular formula is C20H10O8S2. The minimum atomic E-state index is -0.820. The third kappa shape index (κ3) is 4.73. The molecule has 0 amide bonds. The van der Waals surface area contributed by atoms with E-state index in [0.717, 1.165) is 24.3 Å². The van der Waals surface area contributed by atoms with Crippen LogP contribution in [0.3, 0.4) is 0 Å². The Morgan fingerprint density at radius 3 is 0.967 bits per heavy atom. The molecule has 2 aromatic rings. The lowest BCUT2D eigenvalue weighted by molar-refractivity contribution is 0.105. The fraction of sp³-hybridized carbons (Fsp3) is 0. The van der Waals surface area contributed by atoms with Gasteiger partial charge in [0.25, 0.3) is 0 Å². The Kier molecular flexibility index (Phi) is 7.84. The molecule has 0 radical (unpaired) electrons. The average Bonchev–Trinajstić information content (AvgIpc) is 2.79. The van der Waals surface area contributed by atoms with E-state index >= 15 is 0 Å². The van der Waals surface area contributed by atoms with Gasteiger partial charge in [0.05, 0.1) is 11.1 Å². The Morgan fingerprint density at radius 2 is 0.767 bits per heavy atom. The van der Waals surface area contributed by atoms with Gasteiger partial charge in [-0.2, -0.15) is 0 Å². The highest BCUT2D eigenvalue weighted by Crippen LogP contribution is 2.33. The fourth-order valence-electron chi connectivity index (χ4n) is 2.56. The van der Waals surface area contributed by atoms with E-state index in [9.17, 15) is 38.4 Å². The number of hydrogen-bond donors (Lipinski definition) is 0. The predicted octanol–water partition coefficient (Wildman–Crippen LogP) is 2.92. The second-order valence-electron chi connectivity index (χ2n) is 5.60. The third-order valence-corrected chi connectivity index (χ3v) is 5.78. The normalized spacial score (nSPS) is 10.0. The molecule has 0 spiro atoms. The SMILES string of the molecule is O=Cc1cc(C=O)c(C(=O)SSC(=O)c2c(C=O)cc(C=O)cc2C=O)c(C=O)c1. The van der Waals surface area contributed by atoms with Gasteiger partial charge in [0, 0.05) is 33.4 Å². The first-order valence-corrected chi connectivity index (χ1v) is 10.1. The summed E-state index contributed by atoms with van der Waals surface area (Å²) in [5.74, 6) is 0. The molecule has 8 nitrogen and oxygen atoms in total. The maximum atomic E-state index is 12.5. The van der Waals surface area contributed by atoms with Crippen molar-refractivity contribution in [3.63, 3.8) is 0 Å². The van der Waals surface area contributed by atoms with Crippen molar-refractivity contribution in [2.45, 2.75) is 0 Å². The predicted molar refractivity (Wildman–Crippen MR) is 109 cm³/mol. The van der Waals surface area contributed by atoms with Gasteiger partial charge in [-0.1, -0.05) is 0 Å². The van der Waals surface area contributed by atoms with Crippen LogP contribution in [0.5, 0.6) is 0 Å². The van der Waals surface area contributed by atoms with Gasteiger partial charge in [-0.25, -0.2) is 0 Å². The van der Waals surface area contributed by atoms with E-state index in [4.69, 9.17) is 0 Å². The van der Waals surface area contributed by atoms with Crippen LogP contribution >= 0.6 is 21.6 Å². The summed E-state index contributed by atoms with van der Waals surface area (Å²) in [6.45, 7) is 0. The number of benzene rings is 2. The van der Waals surface area contributed by atoms with Crippen LogP contribution < -0.4 is 0 Å². The van der Waals surface area contributed by atoms with E-state index in [1.54, 1.807) is 0 Å². The lowest BCUT2D eigenvalue weighted by Gasteiger charge is -2.09. The van der Waals surface area contributed by atoms with Crippen molar-refractivity contribution in [1.82, 2.24) is 0 Å². The highest BCUT2D eigenvalue weighted by molar-refractivity contribution is 8.87. The Morgan fingerprint density at radius 1 is 0.500 bits per heavy atom. The summed E-state index contributed by atoms with van der Waals surface area (Å²) < 4.78 is 0. The molecule has 0 aliphatic carbocycles. The molecule has 30 heavy (non-hydrogen) atoms.